The van der Waals surface area contributed by atoms with Gasteiger partial charge in [-0.2, -0.15) is 0 Å². The number of benzene rings is 1. The minimum absolute atomic E-state index is 0.176. The summed E-state index contributed by atoms with van der Waals surface area (Å²) < 4.78 is 19.0. The highest BCUT2D eigenvalue weighted by atomic mass is 19.1. The van der Waals surface area contributed by atoms with Crippen LogP contribution < -0.4 is 5.32 Å². The Labute approximate surface area is 162 Å². The second-order valence-electron chi connectivity index (χ2n) is 8.31. The number of aliphatic imine (C=N–C) groups is 1. The van der Waals surface area contributed by atoms with E-state index in [1.165, 1.54) is 12.5 Å². The van der Waals surface area contributed by atoms with E-state index < -0.39 is 0 Å². The predicted molar refractivity (Wildman–Crippen MR) is 108 cm³/mol. The number of halogens is 1. The number of nitrogens with zero attached hydrogens (tertiary/aromatic N) is 3. The van der Waals surface area contributed by atoms with Gasteiger partial charge in [0.2, 0.25) is 0 Å². The van der Waals surface area contributed by atoms with E-state index in [2.05, 4.69) is 34.0 Å². The summed E-state index contributed by atoms with van der Waals surface area (Å²) in [6.07, 6.45) is 1.20. The largest absolute Gasteiger partial charge is 0.379 e. The SMILES string of the molecule is CN=C(NCC(C)(C)c1cccc(F)c1)N1CCC(CN2CCOCC2)C1. The van der Waals surface area contributed by atoms with Crippen LogP contribution in [-0.2, 0) is 10.2 Å². The minimum Gasteiger partial charge on any atom is -0.379 e. The molecule has 2 fully saturated rings. The molecule has 0 aromatic heterocycles. The maximum absolute atomic E-state index is 13.6. The number of nitrogens with one attached hydrogen (secondary N) is 1. The van der Waals surface area contributed by atoms with Crippen LogP contribution in [0.2, 0.25) is 0 Å². The molecule has 1 atom stereocenters. The molecule has 1 N–H and O–H groups in total. The third-order valence-electron chi connectivity index (χ3n) is 5.71. The Morgan fingerprint density at radius 3 is 2.78 bits per heavy atom. The molecular weight excluding hydrogens is 343 g/mol. The van der Waals surface area contributed by atoms with Gasteiger partial charge in [0.25, 0.3) is 0 Å². The fraction of sp³-hybridized carbons (Fsp3) is 0.667. The number of ether oxygens (including phenoxy) is 1. The summed E-state index contributed by atoms with van der Waals surface area (Å²) in [5, 5.41) is 3.51. The Hall–Kier alpha value is -1.66. The first-order valence-electron chi connectivity index (χ1n) is 10.00. The van der Waals surface area contributed by atoms with Gasteiger partial charge in [0.1, 0.15) is 5.82 Å². The molecule has 1 aromatic rings. The highest BCUT2D eigenvalue weighted by Crippen LogP contribution is 2.23. The molecule has 6 heteroatoms. The van der Waals surface area contributed by atoms with Crippen molar-refractivity contribution in [2.75, 3.05) is 59.5 Å². The van der Waals surface area contributed by atoms with E-state index in [1.807, 2.05) is 13.1 Å². The lowest BCUT2D eigenvalue weighted by atomic mass is 9.84. The summed E-state index contributed by atoms with van der Waals surface area (Å²) in [6.45, 7) is 12.0. The molecule has 2 saturated heterocycles. The molecule has 2 aliphatic rings. The van der Waals surface area contributed by atoms with Crippen molar-refractivity contribution in [1.29, 1.82) is 0 Å². The monoisotopic (exact) mass is 376 g/mol. The van der Waals surface area contributed by atoms with Gasteiger partial charge in [0.15, 0.2) is 5.96 Å². The normalized spacial score (nSPS) is 22.3. The number of morpholine rings is 1. The van der Waals surface area contributed by atoms with E-state index in [0.717, 1.165) is 57.5 Å². The van der Waals surface area contributed by atoms with Crippen LogP contribution >= 0.6 is 0 Å². The van der Waals surface area contributed by atoms with E-state index >= 15 is 0 Å². The fourth-order valence-corrected chi connectivity index (χ4v) is 3.97. The van der Waals surface area contributed by atoms with E-state index in [1.54, 1.807) is 12.1 Å². The summed E-state index contributed by atoms with van der Waals surface area (Å²) in [6, 6.07) is 6.88. The first-order valence-corrected chi connectivity index (χ1v) is 10.00. The molecule has 150 valence electrons. The number of likely N-dealkylation sites (tertiary alicyclic amines) is 1. The van der Waals surface area contributed by atoms with Gasteiger partial charge in [-0.3, -0.25) is 9.89 Å². The van der Waals surface area contributed by atoms with Crippen LogP contribution in [0.15, 0.2) is 29.3 Å². The molecule has 1 unspecified atom stereocenters. The zero-order chi connectivity index (χ0) is 19.3. The minimum atomic E-state index is -0.185. The summed E-state index contributed by atoms with van der Waals surface area (Å²) in [4.78, 5) is 9.36. The summed E-state index contributed by atoms with van der Waals surface area (Å²) in [5.41, 5.74) is 0.822. The van der Waals surface area contributed by atoms with Crippen LogP contribution in [-0.4, -0.2) is 75.3 Å². The van der Waals surface area contributed by atoms with Crippen LogP contribution in [0.4, 0.5) is 4.39 Å². The third kappa shape index (κ3) is 5.42. The maximum atomic E-state index is 13.6. The van der Waals surface area contributed by atoms with Gasteiger partial charge in [-0.25, -0.2) is 4.39 Å². The molecule has 0 saturated carbocycles. The number of rotatable bonds is 5. The molecule has 3 rings (SSSR count). The summed E-state index contributed by atoms with van der Waals surface area (Å²) >= 11 is 0. The topological polar surface area (TPSA) is 40.1 Å². The van der Waals surface area contributed by atoms with Crippen molar-refractivity contribution < 1.29 is 9.13 Å². The number of hydrogen-bond donors (Lipinski definition) is 1. The molecule has 27 heavy (non-hydrogen) atoms. The molecular formula is C21H33FN4O. The van der Waals surface area contributed by atoms with Gasteiger partial charge in [-0.05, 0) is 30.0 Å². The average Bonchev–Trinajstić information content (AvgIpc) is 3.11. The fourth-order valence-electron chi connectivity index (χ4n) is 3.97. The summed E-state index contributed by atoms with van der Waals surface area (Å²) in [5.74, 6) is 1.44. The molecule has 0 amide bonds. The van der Waals surface area contributed by atoms with Crippen molar-refractivity contribution in [2.45, 2.75) is 25.7 Å². The van der Waals surface area contributed by atoms with E-state index in [0.29, 0.717) is 12.5 Å². The van der Waals surface area contributed by atoms with E-state index in [4.69, 9.17) is 4.74 Å². The van der Waals surface area contributed by atoms with Crippen LogP contribution in [0.1, 0.15) is 25.8 Å². The van der Waals surface area contributed by atoms with Crippen LogP contribution in [0.25, 0.3) is 0 Å². The van der Waals surface area contributed by atoms with Crippen molar-refractivity contribution in [3.8, 4) is 0 Å². The molecule has 5 nitrogen and oxygen atoms in total. The lowest BCUT2D eigenvalue weighted by molar-refractivity contribution is 0.0315. The highest BCUT2D eigenvalue weighted by Gasteiger charge is 2.28. The van der Waals surface area contributed by atoms with Gasteiger partial charge in [-0.1, -0.05) is 26.0 Å². The Kier molecular flexibility index (Phi) is 6.71. The Morgan fingerprint density at radius 1 is 1.30 bits per heavy atom. The van der Waals surface area contributed by atoms with Crippen LogP contribution in [0, 0.1) is 11.7 Å². The van der Waals surface area contributed by atoms with Crippen molar-refractivity contribution in [3.05, 3.63) is 35.6 Å². The lowest BCUT2D eigenvalue weighted by Crippen LogP contribution is -2.45. The van der Waals surface area contributed by atoms with Crippen molar-refractivity contribution in [3.63, 3.8) is 0 Å². The maximum Gasteiger partial charge on any atom is 0.193 e. The van der Waals surface area contributed by atoms with Gasteiger partial charge in [0, 0.05) is 51.7 Å². The average molecular weight is 377 g/mol. The zero-order valence-corrected chi connectivity index (χ0v) is 16.9. The highest BCUT2D eigenvalue weighted by molar-refractivity contribution is 5.80. The van der Waals surface area contributed by atoms with Gasteiger partial charge < -0.3 is 15.0 Å². The van der Waals surface area contributed by atoms with E-state index in [-0.39, 0.29) is 11.2 Å². The Balaban J connectivity index is 1.51. The van der Waals surface area contributed by atoms with Crippen LogP contribution in [0.3, 0.4) is 0 Å². The molecule has 0 bridgehead atoms. The second-order valence-corrected chi connectivity index (χ2v) is 8.31. The Bertz CT molecular complexity index is 643. The smallest absolute Gasteiger partial charge is 0.193 e. The zero-order valence-electron chi connectivity index (χ0n) is 16.9. The lowest BCUT2D eigenvalue weighted by Gasteiger charge is -2.30. The van der Waals surface area contributed by atoms with E-state index in [9.17, 15) is 4.39 Å². The molecule has 0 aliphatic carbocycles. The number of guanidine groups is 1. The number of hydrogen-bond acceptors (Lipinski definition) is 3. The van der Waals surface area contributed by atoms with Gasteiger partial charge in [-0.15, -0.1) is 0 Å². The first-order chi connectivity index (χ1) is 13.0. The molecule has 2 heterocycles. The standard InChI is InChI=1S/C21H33FN4O/c1-21(2,18-5-4-6-19(22)13-18)16-24-20(23-3)26-8-7-17(15-26)14-25-9-11-27-12-10-25/h4-6,13,17H,7-12,14-16H2,1-3H3,(H,23,24). The molecule has 2 aliphatic heterocycles. The Morgan fingerprint density at radius 2 is 2.07 bits per heavy atom. The quantitative estimate of drug-likeness (QED) is 0.633. The van der Waals surface area contributed by atoms with Crippen molar-refractivity contribution >= 4 is 5.96 Å². The van der Waals surface area contributed by atoms with Gasteiger partial charge in [0.05, 0.1) is 13.2 Å². The van der Waals surface area contributed by atoms with Gasteiger partial charge >= 0.3 is 0 Å². The summed E-state index contributed by atoms with van der Waals surface area (Å²) in [7, 11) is 1.84. The first kappa shape index (κ1) is 20.1. The second kappa shape index (κ2) is 9.02. The van der Waals surface area contributed by atoms with Crippen molar-refractivity contribution in [2.24, 2.45) is 10.9 Å². The molecule has 0 radical (unpaired) electrons. The third-order valence-corrected chi connectivity index (χ3v) is 5.71. The predicted octanol–water partition coefficient (Wildman–Crippen LogP) is 2.33. The van der Waals surface area contributed by atoms with Crippen molar-refractivity contribution in [1.82, 2.24) is 15.1 Å². The van der Waals surface area contributed by atoms with Crippen LogP contribution in [0.5, 0.6) is 0 Å². The molecule has 0 spiro atoms. The molecule has 1 aromatic carbocycles.